The molecular weight excluding hydrogens is 166 g/mol. The lowest BCUT2D eigenvalue weighted by atomic mass is 10.2. The highest BCUT2D eigenvalue weighted by atomic mass is 16.5. The molecule has 3 heteroatoms. The van der Waals surface area contributed by atoms with E-state index in [-0.39, 0.29) is 12.6 Å². The van der Waals surface area contributed by atoms with E-state index < -0.39 is 6.09 Å². The van der Waals surface area contributed by atoms with E-state index in [2.05, 4.69) is 17.2 Å². The molecule has 0 saturated carbocycles. The smallest absolute Gasteiger partial charge is 0.408 e. The van der Waals surface area contributed by atoms with Gasteiger partial charge < -0.3 is 10.1 Å². The fraction of sp³-hybridized carbons (Fsp3) is 0.700. The molecule has 0 fully saturated rings. The van der Waals surface area contributed by atoms with E-state index in [1.54, 1.807) is 0 Å². The first-order valence-corrected chi connectivity index (χ1v) is 4.44. The normalized spacial score (nSPS) is 9.38. The lowest BCUT2D eigenvalue weighted by Crippen LogP contribution is -2.30. The van der Waals surface area contributed by atoms with Crippen LogP contribution in [0.25, 0.3) is 0 Å². The van der Waals surface area contributed by atoms with Crippen molar-refractivity contribution in [3.63, 3.8) is 0 Å². The van der Waals surface area contributed by atoms with E-state index in [4.69, 9.17) is 4.74 Å². The molecule has 0 spiro atoms. The Hall–Kier alpha value is -1.17. The second kappa shape index (κ2) is 6.36. The van der Waals surface area contributed by atoms with Crippen molar-refractivity contribution in [2.24, 2.45) is 5.92 Å². The van der Waals surface area contributed by atoms with Gasteiger partial charge in [0.25, 0.3) is 0 Å². The Bertz CT molecular complexity index is 211. The van der Waals surface area contributed by atoms with Gasteiger partial charge >= 0.3 is 6.09 Å². The Labute approximate surface area is 79.8 Å². The Morgan fingerprint density at radius 2 is 2.00 bits per heavy atom. The van der Waals surface area contributed by atoms with Gasteiger partial charge in [-0.3, -0.25) is 0 Å². The van der Waals surface area contributed by atoms with E-state index in [9.17, 15) is 4.79 Å². The summed E-state index contributed by atoms with van der Waals surface area (Å²) in [4.78, 5) is 10.9. The highest BCUT2D eigenvalue weighted by Crippen LogP contribution is 1.86. The molecule has 0 aromatic rings. The molecule has 0 bridgehead atoms. The highest BCUT2D eigenvalue weighted by molar-refractivity contribution is 5.67. The minimum Gasteiger partial charge on any atom is -0.436 e. The second-order valence-corrected chi connectivity index (χ2v) is 3.35. The highest BCUT2D eigenvalue weighted by Gasteiger charge is 2.01. The minimum atomic E-state index is -0.409. The van der Waals surface area contributed by atoms with Gasteiger partial charge in [0, 0.05) is 12.0 Å². The van der Waals surface area contributed by atoms with Gasteiger partial charge in [0.05, 0.1) is 0 Å². The lowest BCUT2D eigenvalue weighted by Gasteiger charge is -2.06. The zero-order chi connectivity index (χ0) is 10.3. The number of hydrogen-bond acceptors (Lipinski definition) is 2. The molecule has 0 aliphatic heterocycles. The van der Waals surface area contributed by atoms with Crippen LogP contribution in [0.4, 0.5) is 4.79 Å². The van der Waals surface area contributed by atoms with Gasteiger partial charge in [-0.2, -0.15) is 0 Å². The summed E-state index contributed by atoms with van der Waals surface area (Å²) < 4.78 is 4.78. The van der Waals surface area contributed by atoms with Gasteiger partial charge in [0.1, 0.15) is 0 Å². The van der Waals surface area contributed by atoms with Crippen LogP contribution >= 0.6 is 0 Å². The Balaban J connectivity index is 3.55. The van der Waals surface area contributed by atoms with Crippen LogP contribution in [0.5, 0.6) is 0 Å². The van der Waals surface area contributed by atoms with Crippen LogP contribution in [0.2, 0.25) is 0 Å². The summed E-state index contributed by atoms with van der Waals surface area (Å²) in [7, 11) is 0. The van der Waals surface area contributed by atoms with E-state index in [0.717, 1.165) is 0 Å². The molecule has 0 aliphatic carbocycles. The number of alkyl carbamates (subject to hydrolysis) is 1. The number of amides is 1. The van der Waals surface area contributed by atoms with Crippen LogP contribution in [0.15, 0.2) is 0 Å². The standard InChI is InChI=1S/C10H17NO2/c1-8(2)6-5-7-13-10(12)11-9(3)4/h8-9H,7H2,1-4H3,(H,11,12). The van der Waals surface area contributed by atoms with Crippen molar-refractivity contribution in [2.75, 3.05) is 6.61 Å². The van der Waals surface area contributed by atoms with Crippen LogP contribution in [-0.4, -0.2) is 18.7 Å². The summed E-state index contributed by atoms with van der Waals surface area (Å²) >= 11 is 0. The maximum Gasteiger partial charge on any atom is 0.408 e. The molecule has 1 N–H and O–H groups in total. The molecule has 74 valence electrons. The quantitative estimate of drug-likeness (QED) is 0.663. The zero-order valence-corrected chi connectivity index (χ0v) is 8.68. The first-order valence-electron chi connectivity index (χ1n) is 4.44. The predicted octanol–water partition coefficient (Wildman–Crippen LogP) is 1.78. The fourth-order valence-corrected chi connectivity index (χ4v) is 0.625. The average molecular weight is 183 g/mol. The van der Waals surface area contributed by atoms with Gasteiger partial charge in [0.2, 0.25) is 0 Å². The minimum absolute atomic E-state index is 0.102. The Kier molecular flexibility index (Phi) is 5.79. The Morgan fingerprint density at radius 1 is 1.38 bits per heavy atom. The molecule has 0 aromatic heterocycles. The van der Waals surface area contributed by atoms with Gasteiger partial charge in [-0.25, -0.2) is 4.79 Å². The summed E-state index contributed by atoms with van der Waals surface area (Å²) in [6, 6.07) is 0.102. The largest absolute Gasteiger partial charge is 0.436 e. The lowest BCUT2D eigenvalue weighted by molar-refractivity contribution is 0.157. The molecule has 0 heterocycles. The van der Waals surface area contributed by atoms with Gasteiger partial charge in [-0.05, 0) is 13.8 Å². The molecule has 0 unspecified atom stereocenters. The van der Waals surface area contributed by atoms with Gasteiger partial charge in [-0.1, -0.05) is 25.7 Å². The maximum atomic E-state index is 10.9. The SMILES string of the molecule is CC(C)C#CCOC(=O)NC(C)C. The molecule has 0 aromatic carbocycles. The number of nitrogens with one attached hydrogen (secondary N) is 1. The fourth-order valence-electron chi connectivity index (χ4n) is 0.625. The number of ether oxygens (including phenoxy) is 1. The molecular formula is C10H17NO2. The molecule has 0 saturated heterocycles. The van der Waals surface area contributed by atoms with Crippen molar-refractivity contribution in [3.8, 4) is 11.8 Å². The van der Waals surface area contributed by atoms with E-state index in [1.807, 2.05) is 27.7 Å². The van der Waals surface area contributed by atoms with Crippen molar-refractivity contribution >= 4 is 6.09 Å². The van der Waals surface area contributed by atoms with Crippen LogP contribution in [0.3, 0.4) is 0 Å². The predicted molar refractivity (Wildman–Crippen MR) is 52.2 cm³/mol. The molecule has 0 radical (unpaired) electrons. The van der Waals surface area contributed by atoms with Gasteiger partial charge in [-0.15, -0.1) is 0 Å². The first-order chi connectivity index (χ1) is 6.02. The monoisotopic (exact) mass is 183 g/mol. The van der Waals surface area contributed by atoms with E-state index in [0.29, 0.717) is 5.92 Å². The van der Waals surface area contributed by atoms with Crippen molar-refractivity contribution in [1.29, 1.82) is 0 Å². The van der Waals surface area contributed by atoms with Crippen molar-refractivity contribution in [3.05, 3.63) is 0 Å². The molecule has 3 nitrogen and oxygen atoms in total. The average Bonchev–Trinajstić information content (AvgIpc) is 1.96. The van der Waals surface area contributed by atoms with Gasteiger partial charge in [0.15, 0.2) is 6.61 Å². The second-order valence-electron chi connectivity index (χ2n) is 3.35. The van der Waals surface area contributed by atoms with E-state index >= 15 is 0 Å². The number of carbonyl (C=O) groups is 1. The van der Waals surface area contributed by atoms with Crippen molar-refractivity contribution < 1.29 is 9.53 Å². The molecule has 1 amide bonds. The third-order valence-electron chi connectivity index (χ3n) is 1.07. The third-order valence-corrected chi connectivity index (χ3v) is 1.07. The summed E-state index contributed by atoms with van der Waals surface area (Å²) in [5.74, 6) is 5.97. The van der Waals surface area contributed by atoms with Crippen LogP contribution in [0.1, 0.15) is 27.7 Å². The summed E-state index contributed by atoms with van der Waals surface area (Å²) in [5, 5.41) is 2.60. The topological polar surface area (TPSA) is 38.3 Å². The summed E-state index contributed by atoms with van der Waals surface area (Å²) in [6.45, 7) is 7.89. The summed E-state index contributed by atoms with van der Waals surface area (Å²) in [5.41, 5.74) is 0. The van der Waals surface area contributed by atoms with Crippen LogP contribution < -0.4 is 5.32 Å². The molecule has 0 rings (SSSR count). The van der Waals surface area contributed by atoms with Crippen molar-refractivity contribution in [2.45, 2.75) is 33.7 Å². The third kappa shape index (κ3) is 8.74. The first kappa shape index (κ1) is 11.8. The number of carbonyl (C=O) groups excluding carboxylic acids is 1. The molecule has 0 atom stereocenters. The number of hydrogen-bond donors (Lipinski definition) is 1. The maximum absolute atomic E-state index is 10.9. The van der Waals surface area contributed by atoms with Crippen LogP contribution in [-0.2, 0) is 4.74 Å². The number of rotatable bonds is 2. The Morgan fingerprint density at radius 3 is 2.46 bits per heavy atom. The molecule has 0 aliphatic rings. The van der Waals surface area contributed by atoms with Crippen LogP contribution in [0, 0.1) is 17.8 Å². The van der Waals surface area contributed by atoms with Crippen molar-refractivity contribution in [1.82, 2.24) is 5.32 Å². The summed E-state index contributed by atoms with van der Waals surface area (Å²) in [6.07, 6.45) is -0.409. The molecule has 13 heavy (non-hydrogen) atoms. The van der Waals surface area contributed by atoms with E-state index in [1.165, 1.54) is 0 Å². The zero-order valence-electron chi connectivity index (χ0n) is 8.68.